The molecule has 1 aliphatic rings. The minimum Gasteiger partial charge on any atom is -0.366 e. The van der Waals surface area contributed by atoms with Gasteiger partial charge in [-0.15, -0.1) is 0 Å². The molecule has 0 bridgehead atoms. The molecule has 0 radical (unpaired) electrons. The Bertz CT molecular complexity index is 340. The highest BCUT2D eigenvalue weighted by atomic mass is 15.1. The van der Waals surface area contributed by atoms with Crippen LogP contribution in [0.25, 0.3) is 0 Å². The van der Waals surface area contributed by atoms with E-state index >= 15 is 0 Å². The minimum absolute atomic E-state index is 0.0142. The van der Waals surface area contributed by atoms with Gasteiger partial charge < -0.3 is 10.6 Å². The first-order valence-corrected chi connectivity index (χ1v) is 5.39. The zero-order valence-electron chi connectivity index (χ0n) is 9.06. The lowest BCUT2D eigenvalue weighted by Gasteiger charge is -2.25. The molecular weight excluding hydrogens is 186 g/mol. The summed E-state index contributed by atoms with van der Waals surface area (Å²) in [5.74, 6) is 0. The van der Waals surface area contributed by atoms with Crippen LogP contribution in [0, 0.1) is 0 Å². The number of pyridine rings is 1. The highest BCUT2D eigenvalue weighted by Gasteiger charge is 2.08. The van der Waals surface area contributed by atoms with Crippen LogP contribution in [-0.4, -0.2) is 18.1 Å². The predicted molar refractivity (Wildman–Crippen MR) is 62.8 cm³/mol. The zero-order valence-corrected chi connectivity index (χ0v) is 9.06. The summed E-state index contributed by atoms with van der Waals surface area (Å²) in [7, 11) is 0. The molecule has 1 aliphatic heterocycles. The van der Waals surface area contributed by atoms with Crippen LogP contribution < -0.4 is 10.6 Å². The average Bonchev–Trinajstić information content (AvgIpc) is 2.30. The fraction of sp³-hybridized carbons (Fsp3) is 0.417. The third-order valence-electron chi connectivity index (χ3n) is 2.66. The van der Waals surface area contributed by atoms with Crippen molar-refractivity contribution in [3.8, 4) is 0 Å². The normalized spacial score (nSPS) is 17.9. The molecule has 2 N–H and O–H groups in total. The van der Waals surface area contributed by atoms with Gasteiger partial charge >= 0.3 is 0 Å². The largest absolute Gasteiger partial charge is 0.366 e. The van der Waals surface area contributed by atoms with Gasteiger partial charge in [0.1, 0.15) is 0 Å². The Morgan fingerprint density at radius 3 is 2.80 bits per heavy atom. The summed E-state index contributed by atoms with van der Waals surface area (Å²) in [5.41, 5.74) is 7.89. The van der Waals surface area contributed by atoms with Crippen molar-refractivity contribution in [3.63, 3.8) is 0 Å². The second kappa shape index (κ2) is 4.45. The SMILES string of the molecule is CC(N)c1ccc(N2CC=CCC2)cn1. The third-order valence-corrected chi connectivity index (χ3v) is 2.66. The lowest BCUT2D eigenvalue weighted by molar-refractivity contribution is 0.774. The topological polar surface area (TPSA) is 42.1 Å². The van der Waals surface area contributed by atoms with Gasteiger partial charge in [-0.1, -0.05) is 12.2 Å². The van der Waals surface area contributed by atoms with Gasteiger partial charge in [0.25, 0.3) is 0 Å². The summed E-state index contributed by atoms with van der Waals surface area (Å²) >= 11 is 0. The van der Waals surface area contributed by atoms with Crippen molar-refractivity contribution in [2.24, 2.45) is 5.73 Å². The van der Waals surface area contributed by atoms with Crippen LogP contribution >= 0.6 is 0 Å². The third kappa shape index (κ3) is 2.36. The van der Waals surface area contributed by atoms with E-state index in [0.29, 0.717) is 0 Å². The number of nitrogens with two attached hydrogens (primary N) is 1. The quantitative estimate of drug-likeness (QED) is 0.746. The van der Waals surface area contributed by atoms with Gasteiger partial charge in [0, 0.05) is 19.1 Å². The van der Waals surface area contributed by atoms with Crippen molar-refractivity contribution in [3.05, 3.63) is 36.2 Å². The number of hydrogen-bond donors (Lipinski definition) is 1. The van der Waals surface area contributed by atoms with Gasteiger partial charge in [-0.25, -0.2) is 0 Å². The summed E-state index contributed by atoms with van der Waals surface area (Å²) in [4.78, 5) is 6.68. The van der Waals surface area contributed by atoms with Gasteiger partial charge in [0.05, 0.1) is 17.6 Å². The zero-order chi connectivity index (χ0) is 10.7. The first kappa shape index (κ1) is 10.2. The highest BCUT2D eigenvalue weighted by molar-refractivity contribution is 5.46. The van der Waals surface area contributed by atoms with Crippen molar-refractivity contribution < 1.29 is 0 Å². The molecule has 1 unspecified atom stereocenters. The van der Waals surface area contributed by atoms with Crippen LogP contribution in [0.15, 0.2) is 30.5 Å². The van der Waals surface area contributed by atoms with Crippen molar-refractivity contribution >= 4 is 5.69 Å². The van der Waals surface area contributed by atoms with E-state index in [-0.39, 0.29) is 6.04 Å². The van der Waals surface area contributed by atoms with Gasteiger partial charge in [0.15, 0.2) is 0 Å². The molecule has 0 aliphatic carbocycles. The molecule has 2 rings (SSSR count). The summed E-state index contributed by atoms with van der Waals surface area (Å²) in [6.45, 7) is 4.01. The Hall–Kier alpha value is -1.35. The number of rotatable bonds is 2. The predicted octanol–water partition coefficient (Wildman–Crippen LogP) is 1.87. The van der Waals surface area contributed by atoms with E-state index in [9.17, 15) is 0 Å². The first-order chi connectivity index (χ1) is 7.27. The lowest BCUT2D eigenvalue weighted by Crippen LogP contribution is -2.26. The molecule has 0 spiro atoms. The molecule has 2 heterocycles. The maximum atomic E-state index is 5.75. The molecule has 1 atom stereocenters. The Kier molecular flexibility index (Phi) is 3.02. The van der Waals surface area contributed by atoms with Crippen molar-refractivity contribution in [2.45, 2.75) is 19.4 Å². The van der Waals surface area contributed by atoms with Crippen LogP contribution in [0.3, 0.4) is 0 Å². The summed E-state index contributed by atoms with van der Waals surface area (Å²) in [6, 6.07) is 4.13. The van der Waals surface area contributed by atoms with Crippen molar-refractivity contribution in [1.29, 1.82) is 0 Å². The molecule has 0 saturated heterocycles. The summed E-state index contributed by atoms with van der Waals surface area (Å²) < 4.78 is 0. The van der Waals surface area contributed by atoms with E-state index < -0.39 is 0 Å². The molecule has 0 aromatic carbocycles. The smallest absolute Gasteiger partial charge is 0.0569 e. The van der Waals surface area contributed by atoms with Crippen molar-refractivity contribution in [1.82, 2.24) is 4.98 Å². The molecule has 0 saturated carbocycles. The number of anilines is 1. The Morgan fingerprint density at radius 2 is 2.27 bits per heavy atom. The van der Waals surface area contributed by atoms with Gasteiger partial charge in [-0.3, -0.25) is 4.98 Å². The van der Waals surface area contributed by atoms with E-state index in [4.69, 9.17) is 5.73 Å². The van der Waals surface area contributed by atoms with Gasteiger partial charge in [0.2, 0.25) is 0 Å². The maximum Gasteiger partial charge on any atom is 0.0569 e. The number of aromatic nitrogens is 1. The van der Waals surface area contributed by atoms with E-state index in [1.54, 1.807) is 0 Å². The van der Waals surface area contributed by atoms with Gasteiger partial charge in [-0.2, -0.15) is 0 Å². The molecule has 80 valence electrons. The molecule has 1 aromatic heterocycles. The van der Waals surface area contributed by atoms with Crippen LogP contribution in [0.5, 0.6) is 0 Å². The fourth-order valence-electron chi connectivity index (χ4n) is 1.73. The van der Waals surface area contributed by atoms with E-state index in [1.165, 1.54) is 5.69 Å². The van der Waals surface area contributed by atoms with E-state index in [2.05, 4.69) is 28.1 Å². The monoisotopic (exact) mass is 203 g/mol. The number of hydrogen-bond acceptors (Lipinski definition) is 3. The highest BCUT2D eigenvalue weighted by Crippen LogP contribution is 2.17. The summed E-state index contributed by atoms with van der Waals surface area (Å²) in [6.07, 6.45) is 7.45. The standard InChI is InChI=1S/C12H17N3/c1-10(13)12-6-5-11(9-14-12)15-7-3-2-4-8-15/h2-3,5-6,9-10H,4,7-8,13H2,1H3. The molecular formula is C12H17N3. The molecule has 15 heavy (non-hydrogen) atoms. The molecule has 0 fully saturated rings. The van der Waals surface area contributed by atoms with Crippen LogP contribution in [-0.2, 0) is 0 Å². The van der Waals surface area contributed by atoms with Gasteiger partial charge in [-0.05, 0) is 25.5 Å². The minimum atomic E-state index is 0.0142. The van der Waals surface area contributed by atoms with Crippen LogP contribution in [0.4, 0.5) is 5.69 Å². The van der Waals surface area contributed by atoms with E-state index in [0.717, 1.165) is 25.2 Å². The molecule has 3 heteroatoms. The molecule has 3 nitrogen and oxygen atoms in total. The Balaban J connectivity index is 2.12. The summed E-state index contributed by atoms with van der Waals surface area (Å²) in [5, 5.41) is 0. The Morgan fingerprint density at radius 1 is 1.40 bits per heavy atom. The van der Waals surface area contributed by atoms with Crippen LogP contribution in [0.2, 0.25) is 0 Å². The maximum absolute atomic E-state index is 5.75. The average molecular weight is 203 g/mol. The molecule has 1 aromatic rings. The second-order valence-electron chi connectivity index (χ2n) is 3.94. The fourth-order valence-corrected chi connectivity index (χ4v) is 1.73. The van der Waals surface area contributed by atoms with E-state index in [1.807, 2.05) is 19.2 Å². The first-order valence-electron chi connectivity index (χ1n) is 5.39. The second-order valence-corrected chi connectivity index (χ2v) is 3.94. The number of nitrogens with zero attached hydrogens (tertiary/aromatic N) is 2. The van der Waals surface area contributed by atoms with Crippen molar-refractivity contribution in [2.75, 3.05) is 18.0 Å². The Labute approximate surface area is 90.6 Å². The lowest BCUT2D eigenvalue weighted by atomic mass is 10.2. The van der Waals surface area contributed by atoms with Crippen LogP contribution in [0.1, 0.15) is 25.1 Å². The molecule has 0 amide bonds.